The molecule has 1 aromatic rings. The maximum Gasteiger partial charge on any atom is 0.344 e. The van der Waals surface area contributed by atoms with Crippen LogP contribution in [0.25, 0.3) is 0 Å². The Morgan fingerprint density at radius 1 is 1.37 bits per heavy atom. The number of aromatic hydroxyl groups is 1. The highest BCUT2D eigenvalue weighted by Gasteiger charge is 2.41. The smallest absolute Gasteiger partial charge is 0.344 e. The number of nitrogens with zero attached hydrogens (tertiary/aromatic N) is 2. The monoisotopic (exact) mass is 416 g/mol. The van der Waals surface area contributed by atoms with Crippen molar-refractivity contribution < 1.29 is 33.9 Å². The van der Waals surface area contributed by atoms with E-state index in [1.54, 1.807) is 18.0 Å². The molecule has 2 unspecified atom stereocenters. The fourth-order valence-electron chi connectivity index (χ4n) is 3.35. The number of benzene rings is 1. The van der Waals surface area contributed by atoms with Gasteiger partial charge in [0.15, 0.2) is 12.4 Å². The van der Waals surface area contributed by atoms with Crippen LogP contribution in [0.2, 0.25) is 0 Å². The predicted octanol–water partition coefficient (Wildman–Crippen LogP) is 1.12. The summed E-state index contributed by atoms with van der Waals surface area (Å²) in [5.41, 5.74) is 0.676. The minimum Gasteiger partial charge on any atom is -0.507 e. The molecular formula is C20H20N2O8. The molecule has 0 saturated carbocycles. The second kappa shape index (κ2) is 8.76. The first kappa shape index (κ1) is 21.0. The summed E-state index contributed by atoms with van der Waals surface area (Å²) in [6, 6.07) is 2.68. The quantitative estimate of drug-likeness (QED) is 0.286. The molecule has 0 amide bonds. The number of phenolic OH excluding ortho intramolecular Hbond substituents is 1. The second-order valence-corrected chi connectivity index (χ2v) is 6.80. The maximum atomic E-state index is 12.6. The van der Waals surface area contributed by atoms with E-state index in [9.17, 15) is 29.6 Å². The van der Waals surface area contributed by atoms with E-state index >= 15 is 0 Å². The summed E-state index contributed by atoms with van der Waals surface area (Å²) in [7, 11) is 0. The van der Waals surface area contributed by atoms with Crippen molar-refractivity contribution in [2.24, 2.45) is 5.92 Å². The van der Waals surface area contributed by atoms with Crippen molar-refractivity contribution in [3.8, 4) is 11.5 Å². The number of esters is 1. The molecule has 30 heavy (non-hydrogen) atoms. The van der Waals surface area contributed by atoms with E-state index in [-0.39, 0.29) is 43.4 Å². The third-order valence-electron chi connectivity index (χ3n) is 4.76. The topological polar surface area (TPSA) is 136 Å². The van der Waals surface area contributed by atoms with E-state index in [0.29, 0.717) is 5.57 Å². The van der Waals surface area contributed by atoms with Gasteiger partial charge in [-0.15, -0.1) is 0 Å². The summed E-state index contributed by atoms with van der Waals surface area (Å²) in [6.45, 7) is 1.62. The average Bonchev–Trinajstić information content (AvgIpc) is 3.10. The molecule has 0 aromatic heterocycles. The normalized spacial score (nSPS) is 19.8. The average molecular weight is 416 g/mol. The standard InChI is InChI=1S/C20H20N2O8/c1-2-29-19(25)11-30-13-4-5-14(17(23)7-13)18(24)10-21-8-12-3-6-16(22(27)28)20(26)15(12)9-21/h3-8,15-16,23H,2,9-11H2,1H3. The number of phenols is 1. The molecule has 0 bridgehead atoms. The molecule has 2 aliphatic rings. The van der Waals surface area contributed by atoms with E-state index in [2.05, 4.69) is 0 Å². The first-order valence-electron chi connectivity index (χ1n) is 9.26. The Hall–Kier alpha value is -3.69. The second-order valence-electron chi connectivity index (χ2n) is 6.80. The Morgan fingerprint density at radius 3 is 2.80 bits per heavy atom. The summed E-state index contributed by atoms with van der Waals surface area (Å²) in [4.78, 5) is 48.1. The van der Waals surface area contributed by atoms with Crippen LogP contribution >= 0.6 is 0 Å². The van der Waals surface area contributed by atoms with Crippen molar-refractivity contribution in [3.05, 3.63) is 57.8 Å². The SMILES string of the molecule is CCOC(=O)COc1ccc(C(=O)CN2C=C3C=CC([N+](=O)[O-])C(=O)C3C2)c(O)c1. The minimum atomic E-state index is -1.37. The molecule has 3 rings (SSSR count). The Labute approximate surface area is 171 Å². The third kappa shape index (κ3) is 4.48. The molecular weight excluding hydrogens is 396 g/mol. The number of rotatable bonds is 8. The number of nitro groups is 1. The number of hydrogen-bond acceptors (Lipinski definition) is 9. The zero-order valence-electron chi connectivity index (χ0n) is 16.1. The molecule has 1 aliphatic heterocycles. The van der Waals surface area contributed by atoms with Gasteiger partial charge in [0, 0.05) is 23.7 Å². The van der Waals surface area contributed by atoms with Crippen LogP contribution in [0.3, 0.4) is 0 Å². The number of allylic oxidation sites excluding steroid dienone is 1. The van der Waals surface area contributed by atoms with Gasteiger partial charge in [0.25, 0.3) is 6.04 Å². The van der Waals surface area contributed by atoms with Crippen LogP contribution in [0, 0.1) is 16.0 Å². The summed E-state index contributed by atoms with van der Waals surface area (Å²) in [6.07, 6.45) is 4.41. The van der Waals surface area contributed by atoms with E-state index in [1.807, 2.05) is 0 Å². The first-order chi connectivity index (χ1) is 14.3. The summed E-state index contributed by atoms with van der Waals surface area (Å²) in [5, 5.41) is 21.1. The van der Waals surface area contributed by atoms with Crippen LogP contribution < -0.4 is 4.74 Å². The predicted molar refractivity (Wildman–Crippen MR) is 103 cm³/mol. The van der Waals surface area contributed by atoms with Crippen molar-refractivity contribution >= 4 is 17.5 Å². The Bertz CT molecular complexity index is 952. The zero-order chi connectivity index (χ0) is 21.8. The van der Waals surface area contributed by atoms with Crippen LogP contribution in [0.1, 0.15) is 17.3 Å². The van der Waals surface area contributed by atoms with Gasteiger partial charge in [-0.25, -0.2) is 4.79 Å². The molecule has 1 heterocycles. The molecule has 1 N–H and O–H groups in total. The van der Waals surface area contributed by atoms with E-state index in [1.165, 1.54) is 30.4 Å². The van der Waals surface area contributed by atoms with Gasteiger partial charge in [-0.3, -0.25) is 19.7 Å². The highest BCUT2D eigenvalue weighted by atomic mass is 16.6. The molecule has 2 atom stereocenters. The van der Waals surface area contributed by atoms with Crippen molar-refractivity contribution in [2.45, 2.75) is 13.0 Å². The fourth-order valence-corrected chi connectivity index (χ4v) is 3.35. The Morgan fingerprint density at radius 2 is 2.13 bits per heavy atom. The van der Waals surface area contributed by atoms with Gasteiger partial charge in [-0.1, -0.05) is 6.08 Å². The van der Waals surface area contributed by atoms with Crippen molar-refractivity contribution in [2.75, 3.05) is 26.3 Å². The maximum absolute atomic E-state index is 12.6. The van der Waals surface area contributed by atoms with E-state index in [4.69, 9.17) is 9.47 Å². The first-order valence-corrected chi connectivity index (χ1v) is 9.26. The molecule has 0 radical (unpaired) electrons. The molecule has 0 fully saturated rings. The van der Waals surface area contributed by atoms with Crippen molar-refractivity contribution in [1.82, 2.24) is 4.90 Å². The van der Waals surface area contributed by atoms with Gasteiger partial charge in [0.1, 0.15) is 11.5 Å². The van der Waals surface area contributed by atoms with E-state index in [0.717, 1.165) is 0 Å². The number of ketones is 2. The van der Waals surface area contributed by atoms with Crippen LogP contribution in [0.4, 0.5) is 0 Å². The van der Waals surface area contributed by atoms with Crippen LogP contribution in [-0.2, 0) is 14.3 Å². The van der Waals surface area contributed by atoms with Gasteiger partial charge in [-0.05, 0) is 30.7 Å². The lowest BCUT2D eigenvalue weighted by Crippen LogP contribution is -2.38. The number of fused-ring (bicyclic) bond motifs is 1. The van der Waals surface area contributed by atoms with Crippen LogP contribution in [0.5, 0.6) is 11.5 Å². The largest absolute Gasteiger partial charge is 0.507 e. The fraction of sp³-hybridized carbons (Fsp3) is 0.350. The molecule has 0 spiro atoms. The van der Waals surface area contributed by atoms with Gasteiger partial charge in [0.2, 0.25) is 5.78 Å². The lowest BCUT2D eigenvalue weighted by molar-refractivity contribution is -0.495. The lowest BCUT2D eigenvalue weighted by atomic mass is 9.87. The van der Waals surface area contributed by atoms with Crippen molar-refractivity contribution in [3.63, 3.8) is 0 Å². The summed E-state index contributed by atoms with van der Waals surface area (Å²) >= 11 is 0. The Kier molecular flexibility index (Phi) is 6.14. The van der Waals surface area contributed by atoms with Crippen molar-refractivity contribution in [1.29, 1.82) is 0 Å². The van der Waals surface area contributed by atoms with Gasteiger partial charge < -0.3 is 19.5 Å². The number of ether oxygens (including phenoxy) is 2. The molecule has 1 aromatic carbocycles. The third-order valence-corrected chi connectivity index (χ3v) is 4.76. The zero-order valence-corrected chi connectivity index (χ0v) is 16.1. The highest BCUT2D eigenvalue weighted by molar-refractivity contribution is 6.00. The lowest BCUT2D eigenvalue weighted by Gasteiger charge is -2.19. The van der Waals surface area contributed by atoms with Crippen LogP contribution in [0.15, 0.2) is 42.1 Å². The molecule has 1 aliphatic carbocycles. The summed E-state index contributed by atoms with van der Waals surface area (Å²) < 4.78 is 9.95. The molecule has 10 heteroatoms. The van der Waals surface area contributed by atoms with Gasteiger partial charge >= 0.3 is 5.97 Å². The minimum absolute atomic E-state index is 0.0526. The van der Waals surface area contributed by atoms with Gasteiger partial charge in [-0.2, -0.15) is 0 Å². The number of Topliss-reactive ketones (excluding diaryl/α,β-unsaturated/α-hetero) is 2. The number of carbonyl (C=O) groups is 3. The number of hydrogen-bond donors (Lipinski definition) is 1. The molecule has 0 saturated heterocycles. The number of carbonyl (C=O) groups excluding carboxylic acids is 3. The Balaban J connectivity index is 1.61. The highest BCUT2D eigenvalue weighted by Crippen LogP contribution is 2.30. The molecule has 158 valence electrons. The van der Waals surface area contributed by atoms with Gasteiger partial charge in [0.05, 0.1) is 24.6 Å². The van der Waals surface area contributed by atoms with E-state index < -0.39 is 34.4 Å². The van der Waals surface area contributed by atoms with Crippen LogP contribution in [-0.4, -0.2) is 64.8 Å². The molecule has 10 nitrogen and oxygen atoms in total. The summed E-state index contributed by atoms with van der Waals surface area (Å²) in [5.74, 6) is -2.21.